The van der Waals surface area contributed by atoms with Crippen LogP contribution in [0.5, 0.6) is 0 Å². The van der Waals surface area contributed by atoms with E-state index < -0.39 is 0 Å². The first-order valence-corrected chi connectivity index (χ1v) is 9.60. The molecule has 0 radical (unpaired) electrons. The molecule has 5 heteroatoms. The predicted octanol–water partition coefficient (Wildman–Crippen LogP) is 3.65. The Bertz CT molecular complexity index is 382. The van der Waals surface area contributed by atoms with E-state index in [4.69, 9.17) is 0 Å². The highest BCUT2D eigenvalue weighted by molar-refractivity contribution is 8.06. The molecular formula is C14H23N3S2. The highest BCUT2D eigenvalue weighted by Gasteiger charge is 2.19. The molecule has 0 bridgehead atoms. The number of imidazole rings is 1. The third-order valence-electron chi connectivity index (χ3n) is 4.01. The van der Waals surface area contributed by atoms with Crippen molar-refractivity contribution in [2.45, 2.75) is 43.4 Å². The number of anilines is 1. The van der Waals surface area contributed by atoms with Crippen LogP contribution in [-0.4, -0.2) is 38.6 Å². The van der Waals surface area contributed by atoms with Gasteiger partial charge in [-0.3, -0.25) is 0 Å². The first-order chi connectivity index (χ1) is 9.43. The summed E-state index contributed by atoms with van der Waals surface area (Å²) in [5.41, 5.74) is 0. The van der Waals surface area contributed by atoms with Crippen LogP contribution in [0, 0.1) is 0 Å². The molecule has 0 amide bonds. The second-order valence-electron chi connectivity index (χ2n) is 5.40. The van der Waals surface area contributed by atoms with Crippen molar-refractivity contribution in [3.05, 3.63) is 12.4 Å². The van der Waals surface area contributed by atoms with Crippen LogP contribution in [0.1, 0.15) is 38.1 Å². The molecule has 0 spiro atoms. The van der Waals surface area contributed by atoms with Gasteiger partial charge in [-0.2, -0.15) is 23.5 Å². The maximum Gasteiger partial charge on any atom is 0.203 e. The van der Waals surface area contributed by atoms with Crippen LogP contribution < -0.4 is 5.32 Å². The van der Waals surface area contributed by atoms with E-state index in [0.717, 1.165) is 17.7 Å². The number of rotatable bonds is 4. The van der Waals surface area contributed by atoms with E-state index in [1.807, 2.05) is 6.20 Å². The van der Waals surface area contributed by atoms with Crippen molar-refractivity contribution in [2.75, 3.05) is 29.1 Å². The molecule has 1 aliphatic carbocycles. The Kier molecular flexibility index (Phi) is 4.99. The minimum atomic E-state index is 0.673. The number of thioether (sulfide) groups is 2. The SMILES string of the molecule is c1cn(C2CCCCC2)c(NCC2CSCCS2)n1. The molecule has 106 valence electrons. The Balaban J connectivity index is 1.56. The lowest BCUT2D eigenvalue weighted by Gasteiger charge is -2.26. The van der Waals surface area contributed by atoms with Crippen molar-refractivity contribution in [3.63, 3.8) is 0 Å². The van der Waals surface area contributed by atoms with E-state index >= 15 is 0 Å². The van der Waals surface area contributed by atoms with E-state index in [1.54, 1.807) is 0 Å². The average molecular weight is 297 g/mol. The lowest BCUT2D eigenvalue weighted by atomic mass is 9.95. The van der Waals surface area contributed by atoms with Crippen molar-refractivity contribution >= 4 is 29.5 Å². The molecule has 19 heavy (non-hydrogen) atoms. The molecule has 2 heterocycles. The minimum Gasteiger partial charge on any atom is -0.355 e. The molecular weight excluding hydrogens is 274 g/mol. The van der Waals surface area contributed by atoms with E-state index in [0.29, 0.717) is 6.04 Å². The number of hydrogen-bond acceptors (Lipinski definition) is 4. The van der Waals surface area contributed by atoms with Crippen LogP contribution in [0.2, 0.25) is 0 Å². The Labute approximate surface area is 124 Å². The maximum absolute atomic E-state index is 4.51. The Morgan fingerprint density at radius 3 is 2.95 bits per heavy atom. The average Bonchev–Trinajstić information content (AvgIpc) is 2.95. The molecule has 1 unspecified atom stereocenters. The van der Waals surface area contributed by atoms with Gasteiger partial charge in [0.25, 0.3) is 0 Å². The molecule has 1 aromatic rings. The molecule has 1 N–H and O–H groups in total. The van der Waals surface area contributed by atoms with E-state index in [1.165, 1.54) is 49.4 Å². The summed E-state index contributed by atoms with van der Waals surface area (Å²) >= 11 is 4.19. The fourth-order valence-electron chi connectivity index (χ4n) is 2.96. The highest BCUT2D eigenvalue weighted by Crippen LogP contribution is 2.30. The quantitative estimate of drug-likeness (QED) is 0.919. The van der Waals surface area contributed by atoms with Crippen molar-refractivity contribution in [1.29, 1.82) is 0 Å². The van der Waals surface area contributed by atoms with Gasteiger partial charge >= 0.3 is 0 Å². The second-order valence-corrected chi connectivity index (χ2v) is 7.96. The number of hydrogen-bond donors (Lipinski definition) is 1. The summed E-state index contributed by atoms with van der Waals surface area (Å²) < 4.78 is 2.37. The number of nitrogens with zero attached hydrogens (tertiary/aromatic N) is 2. The lowest BCUT2D eigenvalue weighted by molar-refractivity contribution is 0.356. The molecule has 3 rings (SSSR count). The summed E-state index contributed by atoms with van der Waals surface area (Å²) in [4.78, 5) is 4.51. The molecule has 3 nitrogen and oxygen atoms in total. The second kappa shape index (κ2) is 6.93. The third kappa shape index (κ3) is 3.63. The van der Waals surface area contributed by atoms with Crippen molar-refractivity contribution in [2.24, 2.45) is 0 Å². The van der Waals surface area contributed by atoms with E-state index in [9.17, 15) is 0 Å². The normalized spacial score (nSPS) is 25.4. The van der Waals surface area contributed by atoms with Crippen LogP contribution in [0.4, 0.5) is 5.95 Å². The monoisotopic (exact) mass is 297 g/mol. The topological polar surface area (TPSA) is 29.9 Å². The van der Waals surface area contributed by atoms with Crippen molar-refractivity contribution in [1.82, 2.24) is 9.55 Å². The Hall–Kier alpha value is -0.290. The molecule has 1 atom stereocenters. The van der Waals surface area contributed by atoms with Crippen LogP contribution in [0.3, 0.4) is 0 Å². The highest BCUT2D eigenvalue weighted by atomic mass is 32.2. The summed E-state index contributed by atoms with van der Waals surface area (Å²) in [6, 6.07) is 0.673. The predicted molar refractivity (Wildman–Crippen MR) is 86.4 cm³/mol. The van der Waals surface area contributed by atoms with Crippen LogP contribution in [-0.2, 0) is 0 Å². The summed E-state index contributed by atoms with van der Waals surface area (Å²) in [5.74, 6) is 4.98. The first-order valence-electron chi connectivity index (χ1n) is 7.39. The van der Waals surface area contributed by atoms with Gasteiger partial charge in [-0.1, -0.05) is 19.3 Å². The van der Waals surface area contributed by atoms with Gasteiger partial charge in [0.15, 0.2) is 0 Å². The molecule has 1 saturated heterocycles. The largest absolute Gasteiger partial charge is 0.355 e. The minimum absolute atomic E-state index is 0.673. The van der Waals surface area contributed by atoms with Gasteiger partial charge < -0.3 is 9.88 Å². The molecule has 2 aliphatic rings. The summed E-state index contributed by atoms with van der Waals surface area (Å²) in [6.07, 6.45) is 10.9. The smallest absolute Gasteiger partial charge is 0.203 e. The maximum atomic E-state index is 4.51. The van der Waals surface area contributed by atoms with Crippen LogP contribution in [0.25, 0.3) is 0 Å². The van der Waals surface area contributed by atoms with Gasteiger partial charge in [0.05, 0.1) is 0 Å². The zero-order valence-corrected chi connectivity index (χ0v) is 13.0. The van der Waals surface area contributed by atoms with Gasteiger partial charge in [0.1, 0.15) is 0 Å². The van der Waals surface area contributed by atoms with Crippen LogP contribution in [0.15, 0.2) is 12.4 Å². The molecule has 2 fully saturated rings. The molecule has 1 aliphatic heterocycles. The fourth-order valence-corrected chi connectivity index (χ4v) is 5.58. The van der Waals surface area contributed by atoms with Crippen molar-refractivity contribution in [3.8, 4) is 0 Å². The van der Waals surface area contributed by atoms with Gasteiger partial charge in [-0.15, -0.1) is 0 Å². The third-order valence-corrected chi connectivity index (χ3v) is 6.85. The number of aromatic nitrogens is 2. The summed E-state index contributed by atoms with van der Waals surface area (Å²) in [7, 11) is 0. The zero-order valence-electron chi connectivity index (χ0n) is 11.4. The van der Waals surface area contributed by atoms with E-state index in [2.05, 4.69) is 44.6 Å². The Morgan fingerprint density at radius 1 is 1.26 bits per heavy atom. The molecule has 1 saturated carbocycles. The molecule has 1 aromatic heterocycles. The number of nitrogens with one attached hydrogen (secondary N) is 1. The van der Waals surface area contributed by atoms with Gasteiger partial charge in [0, 0.05) is 47.5 Å². The standard InChI is InChI=1S/C14H23N3S2/c1-2-4-12(5-3-1)17-7-6-15-14(17)16-10-13-11-18-8-9-19-13/h6-7,12-13H,1-5,8-11H2,(H,15,16). The van der Waals surface area contributed by atoms with Crippen LogP contribution >= 0.6 is 23.5 Å². The zero-order chi connectivity index (χ0) is 12.9. The lowest BCUT2D eigenvalue weighted by Crippen LogP contribution is -2.25. The van der Waals surface area contributed by atoms with Gasteiger partial charge in [-0.25, -0.2) is 4.98 Å². The van der Waals surface area contributed by atoms with Gasteiger partial charge in [0.2, 0.25) is 5.95 Å². The summed E-state index contributed by atoms with van der Waals surface area (Å²) in [5, 5.41) is 4.32. The Morgan fingerprint density at radius 2 is 2.16 bits per heavy atom. The first kappa shape index (κ1) is 13.7. The van der Waals surface area contributed by atoms with Gasteiger partial charge in [-0.05, 0) is 12.8 Å². The summed E-state index contributed by atoms with van der Waals surface area (Å²) in [6.45, 7) is 1.06. The molecule has 0 aromatic carbocycles. The van der Waals surface area contributed by atoms with E-state index in [-0.39, 0.29) is 0 Å². The fraction of sp³-hybridized carbons (Fsp3) is 0.786. The van der Waals surface area contributed by atoms with Crippen molar-refractivity contribution < 1.29 is 0 Å².